The summed E-state index contributed by atoms with van der Waals surface area (Å²) in [4.78, 5) is 22.2. The van der Waals surface area contributed by atoms with Crippen LogP contribution < -0.4 is 4.74 Å². The Morgan fingerprint density at radius 1 is 1.20 bits per heavy atom. The second kappa shape index (κ2) is 8.94. The maximum Gasteiger partial charge on any atom is 0.500 e. The molecule has 0 N–H and O–H groups in total. The number of rotatable bonds is 6. The largest absolute Gasteiger partial charge is 0.500 e. The number of halogens is 1. The second-order valence-corrected chi connectivity index (χ2v) is 6.94. The minimum atomic E-state index is -1.90. The van der Waals surface area contributed by atoms with Gasteiger partial charge in [0, 0.05) is 0 Å². The molecule has 138 valence electrons. The second-order valence-electron chi connectivity index (χ2n) is 6.94. The Hall–Kier alpha value is -1.95. The van der Waals surface area contributed by atoms with Gasteiger partial charge in [-0.2, -0.15) is 0 Å². The van der Waals surface area contributed by atoms with E-state index in [1.807, 2.05) is 0 Å². The molecule has 1 saturated carbocycles. The zero-order chi connectivity index (χ0) is 18.4. The Morgan fingerprint density at radius 3 is 2.48 bits per heavy atom. The van der Waals surface area contributed by atoms with Gasteiger partial charge in [-0.1, -0.05) is 27.2 Å². The molecule has 0 aliphatic heterocycles. The Labute approximate surface area is 147 Å². The van der Waals surface area contributed by atoms with Gasteiger partial charge in [0.2, 0.25) is 0 Å². The highest BCUT2D eigenvalue weighted by Crippen LogP contribution is 2.35. The SMILES string of the molecule is CC1CCC(C(C)C)C(OCOC(=O)c2ccc(OC(=O)F)cc2)C1. The molecular formula is C19H25FO5. The molecule has 3 atom stereocenters. The van der Waals surface area contributed by atoms with Gasteiger partial charge < -0.3 is 14.2 Å². The fourth-order valence-corrected chi connectivity index (χ4v) is 3.32. The maximum absolute atomic E-state index is 12.1. The summed E-state index contributed by atoms with van der Waals surface area (Å²) in [7, 11) is 0. The number of carbonyl (C=O) groups excluding carboxylic acids is 2. The fourth-order valence-electron chi connectivity index (χ4n) is 3.32. The predicted molar refractivity (Wildman–Crippen MR) is 90.1 cm³/mol. The quantitative estimate of drug-likeness (QED) is 0.420. The molecule has 0 bridgehead atoms. The summed E-state index contributed by atoms with van der Waals surface area (Å²) in [6, 6.07) is 5.46. The number of carbonyl (C=O) groups is 2. The third-order valence-corrected chi connectivity index (χ3v) is 4.72. The molecule has 1 aliphatic rings. The Bertz CT molecular complexity index is 584. The number of hydrogen-bond acceptors (Lipinski definition) is 5. The normalized spacial score (nSPS) is 23.3. The summed E-state index contributed by atoms with van der Waals surface area (Å²) < 4.78 is 27.4. The molecule has 1 fully saturated rings. The molecular weight excluding hydrogens is 327 g/mol. The molecule has 2 rings (SSSR count). The molecule has 0 spiro atoms. The van der Waals surface area contributed by atoms with Gasteiger partial charge in [0.25, 0.3) is 0 Å². The average Bonchev–Trinajstić information content (AvgIpc) is 2.54. The maximum atomic E-state index is 12.1. The van der Waals surface area contributed by atoms with Gasteiger partial charge >= 0.3 is 12.2 Å². The van der Waals surface area contributed by atoms with E-state index in [0.29, 0.717) is 17.8 Å². The van der Waals surface area contributed by atoms with Crippen LogP contribution in [0.25, 0.3) is 0 Å². The van der Waals surface area contributed by atoms with Crippen molar-refractivity contribution in [1.82, 2.24) is 0 Å². The number of esters is 1. The first kappa shape index (κ1) is 19.4. The summed E-state index contributed by atoms with van der Waals surface area (Å²) in [5, 5.41) is 0. The van der Waals surface area contributed by atoms with Crippen LogP contribution in [0.5, 0.6) is 5.75 Å². The summed E-state index contributed by atoms with van der Waals surface area (Å²) in [5.74, 6) is 1.10. The minimum absolute atomic E-state index is 0.0243. The molecule has 5 nitrogen and oxygen atoms in total. The lowest BCUT2D eigenvalue weighted by Gasteiger charge is -2.36. The van der Waals surface area contributed by atoms with Gasteiger partial charge in [-0.25, -0.2) is 9.59 Å². The number of ether oxygens (including phenoxy) is 3. The third-order valence-electron chi connectivity index (χ3n) is 4.72. The van der Waals surface area contributed by atoms with E-state index in [2.05, 4.69) is 25.5 Å². The highest BCUT2D eigenvalue weighted by Gasteiger charge is 2.31. The Morgan fingerprint density at radius 2 is 1.88 bits per heavy atom. The number of hydrogen-bond donors (Lipinski definition) is 0. The van der Waals surface area contributed by atoms with Crippen molar-refractivity contribution in [3.05, 3.63) is 29.8 Å². The first-order valence-electron chi connectivity index (χ1n) is 8.63. The van der Waals surface area contributed by atoms with Crippen LogP contribution in [0.2, 0.25) is 0 Å². The summed E-state index contributed by atoms with van der Waals surface area (Å²) in [5.41, 5.74) is 0.277. The molecule has 0 aromatic heterocycles. The van der Waals surface area contributed by atoms with Gasteiger partial charge in [-0.3, -0.25) is 0 Å². The van der Waals surface area contributed by atoms with E-state index in [9.17, 15) is 14.0 Å². The molecule has 0 saturated heterocycles. The minimum Gasteiger partial charge on any atom is -0.435 e. The first-order valence-corrected chi connectivity index (χ1v) is 8.63. The first-order chi connectivity index (χ1) is 11.9. The van der Waals surface area contributed by atoms with Gasteiger partial charge in [0.15, 0.2) is 6.79 Å². The van der Waals surface area contributed by atoms with E-state index >= 15 is 0 Å². The van der Waals surface area contributed by atoms with Crippen molar-refractivity contribution in [1.29, 1.82) is 0 Å². The van der Waals surface area contributed by atoms with Crippen molar-refractivity contribution >= 4 is 12.2 Å². The lowest BCUT2D eigenvalue weighted by atomic mass is 9.75. The van der Waals surface area contributed by atoms with Gasteiger partial charge in [0.05, 0.1) is 11.7 Å². The summed E-state index contributed by atoms with van der Waals surface area (Å²) in [6.45, 7) is 6.50. The van der Waals surface area contributed by atoms with Crippen molar-refractivity contribution in [2.75, 3.05) is 6.79 Å². The van der Waals surface area contributed by atoms with Crippen LogP contribution in [0.4, 0.5) is 9.18 Å². The van der Waals surface area contributed by atoms with Crippen molar-refractivity contribution in [3.8, 4) is 5.75 Å². The molecule has 3 unspecified atom stereocenters. The van der Waals surface area contributed by atoms with Gasteiger partial charge in [-0.15, -0.1) is 4.39 Å². The number of benzene rings is 1. The van der Waals surface area contributed by atoms with Crippen LogP contribution in [-0.4, -0.2) is 25.1 Å². The zero-order valence-corrected chi connectivity index (χ0v) is 14.9. The Kier molecular flexibility index (Phi) is 6.93. The lowest BCUT2D eigenvalue weighted by Crippen LogP contribution is -2.35. The molecule has 0 radical (unpaired) electrons. The van der Waals surface area contributed by atoms with E-state index in [0.717, 1.165) is 12.8 Å². The van der Waals surface area contributed by atoms with Crippen LogP contribution in [-0.2, 0) is 9.47 Å². The summed E-state index contributed by atoms with van der Waals surface area (Å²) in [6.07, 6.45) is 1.52. The van der Waals surface area contributed by atoms with Crippen molar-refractivity contribution in [2.24, 2.45) is 17.8 Å². The van der Waals surface area contributed by atoms with Gasteiger partial charge in [-0.05, 0) is 54.9 Å². The van der Waals surface area contributed by atoms with Crippen molar-refractivity contribution < 1.29 is 28.2 Å². The van der Waals surface area contributed by atoms with E-state index < -0.39 is 12.2 Å². The third kappa shape index (κ3) is 5.81. The topological polar surface area (TPSA) is 61.8 Å². The average molecular weight is 352 g/mol. The molecule has 25 heavy (non-hydrogen) atoms. The lowest BCUT2D eigenvalue weighted by molar-refractivity contribution is -0.108. The van der Waals surface area contributed by atoms with Crippen LogP contribution in [0, 0.1) is 17.8 Å². The Balaban J connectivity index is 1.83. The van der Waals surface area contributed by atoms with Crippen LogP contribution in [0.15, 0.2) is 24.3 Å². The van der Waals surface area contributed by atoms with Crippen LogP contribution >= 0.6 is 0 Å². The highest BCUT2D eigenvalue weighted by atomic mass is 19.1. The predicted octanol–water partition coefficient (Wildman–Crippen LogP) is 4.75. The monoisotopic (exact) mass is 352 g/mol. The molecule has 1 aromatic carbocycles. The standard InChI is InChI=1S/C19H25FO5/c1-12(2)16-9-4-13(3)10-17(16)23-11-24-18(21)14-5-7-15(8-6-14)25-19(20)22/h5-8,12-13,16-17H,4,9-11H2,1-3H3. The molecule has 0 heterocycles. The van der Waals surface area contributed by atoms with E-state index in [4.69, 9.17) is 9.47 Å². The zero-order valence-electron chi connectivity index (χ0n) is 14.9. The molecule has 6 heteroatoms. The van der Waals surface area contributed by atoms with E-state index in [1.165, 1.54) is 30.7 Å². The molecule has 0 amide bonds. The highest BCUT2D eigenvalue weighted by molar-refractivity contribution is 5.89. The summed E-state index contributed by atoms with van der Waals surface area (Å²) >= 11 is 0. The molecule has 1 aromatic rings. The van der Waals surface area contributed by atoms with E-state index in [-0.39, 0.29) is 24.2 Å². The smallest absolute Gasteiger partial charge is 0.435 e. The van der Waals surface area contributed by atoms with Gasteiger partial charge in [0.1, 0.15) is 5.75 Å². The van der Waals surface area contributed by atoms with Crippen LogP contribution in [0.3, 0.4) is 0 Å². The molecule has 1 aliphatic carbocycles. The fraction of sp³-hybridized carbons (Fsp3) is 0.579. The van der Waals surface area contributed by atoms with Crippen LogP contribution in [0.1, 0.15) is 50.4 Å². The van der Waals surface area contributed by atoms with Crippen molar-refractivity contribution in [2.45, 2.75) is 46.1 Å². The van der Waals surface area contributed by atoms with E-state index in [1.54, 1.807) is 0 Å². The van der Waals surface area contributed by atoms with Crippen molar-refractivity contribution in [3.63, 3.8) is 0 Å².